The van der Waals surface area contributed by atoms with Crippen LogP contribution in [0.5, 0.6) is 0 Å². The molecule has 3 aromatic rings. The second kappa shape index (κ2) is 5.02. The summed E-state index contributed by atoms with van der Waals surface area (Å²) in [4.78, 5) is 21.0. The number of hydrogen-bond donors (Lipinski definition) is 0. The summed E-state index contributed by atoms with van der Waals surface area (Å²) >= 11 is 1.35. The highest BCUT2D eigenvalue weighted by atomic mass is 32.1. The van der Waals surface area contributed by atoms with Gasteiger partial charge in [-0.3, -0.25) is 8.58 Å². The molecule has 2 aromatic heterocycles. The first-order chi connectivity index (χ1) is 9.61. The van der Waals surface area contributed by atoms with Crippen molar-refractivity contribution in [2.24, 2.45) is 4.99 Å². The second-order valence-corrected chi connectivity index (χ2v) is 5.60. The van der Waals surface area contributed by atoms with Crippen molar-refractivity contribution in [3.8, 4) is 0 Å². The molecule has 2 heterocycles. The van der Waals surface area contributed by atoms with Gasteiger partial charge in [0.15, 0.2) is 0 Å². The van der Waals surface area contributed by atoms with Gasteiger partial charge in [-0.2, -0.15) is 9.98 Å². The van der Waals surface area contributed by atoms with Crippen LogP contribution >= 0.6 is 11.5 Å². The Labute approximate surface area is 120 Å². The van der Waals surface area contributed by atoms with Crippen molar-refractivity contribution in [2.45, 2.75) is 13.8 Å². The Morgan fingerprint density at radius 2 is 2.00 bits per heavy atom. The maximum Gasteiger partial charge on any atom is 0.279 e. The van der Waals surface area contributed by atoms with Crippen LogP contribution in [-0.2, 0) is 0 Å². The van der Waals surface area contributed by atoms with E-state index in [1.165, 1.54) is 11.5 Å². The molecule has 0 atom stereocenters. The van der Waals surface area contributed by atoms with Gasteiger partial charge in [0.2, 0.25) is 4.80 Å². The Bertz CT molecular complexity index is 861. The molecule has 0 saturated heterocycles. The highest BCUT2D eigenvalue weighted by Gasteiger charge is 2.05. The van der Waals surface area contributed by atoms with Crippen LogP contribution < -0.4 is 4.80 Å². The fraction of sp³-hybridized carbons (Fsp3) is 0.133. The number of nitrogens with zero attached hydrogens (tertiary/aromatic N) is 3. The zero-order chi connectivity index (χ0) is 14.1. The standard InChI is InChI=1S/C15H13N3OS/c1-10-4-3-5-12(8-10)14(19)17-15-16-13-9-11(2)6-7-18(13)20-15/h3-9H,1-2H3. The fourth-order valence-corrected chi connectivity index (χ4v) is 2.66. The molecule has 5 heteroatoms. The molecule has 0 aliphatic heterocycles. The van der Waals surface area contributed by atoms with E-state index in [-0.39, 0.29) is 5.91 Å². The molecule has 3 rings (SSSR count). The molecule has 1 aromatic carbocycles. The van der Waals surface area contributed by atoms with E-state index in [0.717, 1.165) is 16.8 Å². The van der Waals surface area contributed by atoms with Crippen molar-refractivity contribution < 1.29 is 4.79 Å². The minimum Gasteiger partial charge on any atom is -0.267 e. The Kier molecular flexibility index (Phi) is 3.20. The summed E-state index contributed by atoms with van der Waals surface area (Å²) in [5.41, 5.74) is 3.57. The molecule has 20 heavy (non-hydrogen) atoms. The summed E-state index contributed by atoms with van der Waals surface area (Å²) in [6.45, 7) is 3.96. The Morgan fingerprint density at radius 1 is 1.20 bits per heavy atom. The molecule has 100 valence electrons. The lowest BCUT2D eigenvalue weighted by Crippen LogP contribution is -2.05. The van der Waals surface area contributed by atoms with Gasteiger partial charge in [0, 0.05) is 11.8 Å². The molecule has 0 spiro atoms. The number of aryl methyl sites for hydroxylation is 2. The minimum atomic E-state index is -0.259. The van der Waals surface area contributed by atoms with Crippen molar-refractivity contribution in [1.82, 2.24) is 8.77 Å². The van der Waals surface area contributed by atoms with E-state index < -0.39 is 0 Å². The van der Waals surface area contributed by atoms with Crippen molar-refractivity contribution in [2.75, 3.05) is 0 Å². The Hall–Kier alpha value is -2.27. The number of aromatic nitrogens is 2. The van der Waals surface area contributed by atoms with E-state index in [1.807, 2.05) is 54.2 Å². The van der Waals surface area contributed by atoms with Gasteiger partial charge in [-0.05, 0) is 55.2 Å². The minimum absolute atomic E-state index is 0.259. The summed E-state index contributed by atoms with van der Waals surface area (Å²) in [6.07, 6.45) is 1.93. The SMILES string of the molecule is Cc1cccc(C(=O)N=c2nc3cc(C)ccn3s2)c1. The monoisotopic (exact) mass is 283 g/mol. The summed E-state index contributed by atoms with van der Waals surface area (Å²) in [6, 6.07) is 11.4. The molecule has 0 aliphatic rings. The molecule has 0 aliphatic carbocycles. The van der Waals surface area contributed by atoms with E-state index in [2.05, 4.69) is 9.98 Å². The number of amides is 1. The average Bonchev–Trinajstić information content (AvgIpc) is 2.80. The quantitative estimate of drug-likeness (QED) is 0.689. The second-order valence-electron chi connectivity index (χ2n) is 4.66. The van der Waals surface area contributed by atoms with E-state index in [0.29, 0.717) is 10.4 Å². The lowest BCUT2D eigenvalue weighted by atomic mass is 10.1. The number of benzene rings is 1. The molecular weight excluding hydrogens is 270 g/mol. The molecular formula is C15H13N3OS. The zero-order valence-electron chi connectivity index (χ0n) is 11.2. The fourth-order valence-electron chi connectivity index (χ4n) is 1.92. The number of hydrogen-bond acceptors (Lipinski definition) is 3. The molecule has 4 nitrogen and oxygen atoms in total. The number of fused-ring (bicyclic) bond motifs is 1. The lowest BCUT2D eigenvalue weighted by Gasteiger charge is -1.95. The molecule has 0 unspecified atom stereocenters. The summed E-state index contributed by atoms with van der Waals surface area (Å²) < 4.78 is 1.90. The normalized spacial score (nSPS) is 12.0. The van der Waals surface area contributed by atoms with Gasteiger partial charge >= 0.3 is 0 Å². The smallest absolute Gasteiger partial charge is 0.267 e. The van der Waals surface area contributed by atoms with Gasteiger partial charge in [0.25, 0.3) is 5.91 Å². The maximum absolute atomic E-state index is 12.1. The van der Waals surface area contributed by atoms with Gasteiger partial charge in [-0.25, -0.2) is 0 Å². The zero-order valence-corrected chi connectivity index (χ0v) is 12.0. The van der Waals surface area contributed by atoms with Gasteiger partial charge < -0.3 is 0 Å². The molecule has 0 bridgehead atoms. The van der Waals surface area contributed by atoms with Gasteiger partial charge in [0.05, 0.1) is 0 Å². The first-order valence-electron chi connectivity index (χ1n) is 6.24. The van der Waals surface area contributed by atoms with E-state index >= 15 is 0 Å². The van der Waals surface area contributed by atoms with Crippen LogP contribution in [0.15, 0.2) is 47.6 Å². The van der Waals surface area contributed by atoms with E-state index in [9.17, 15) is 4.79 Å². The largest absolute Gasteiger partial charge is 0.279 e. The summed E-state index contributed by atoms with van der Waals surface area (Å²) in [5.74, 6) is -0.259. The average molecular weight is 283 g/mol. The first-order valence-corrected chi connectivity index (χ1v) is 7.01. The lowest BCUT2D eigenvalue weighted by molar-refractivity contribution is 0.0998. The number of rotatable bonds is 1. The predicted octanol–water partition coefficient (Wildman–Crippen LogP) is 2.75. The third-order valence-electron chi connectivity index (χ3n) is 2.91. The van der Waals surface area contributed by atoms with Crippen LogP contribution in [0, 0.1) is 13.8 Å². The number of carbonyl (C=O) groups excluding carboxylic acids is 1. The summed E-state index contributed by atoms with van der Waals surface area (Å²) in [5, 5.41) is 0. The van der Waals surface area contributed by atoms with Crippen LogP contribution in [0.1, 0.15) is 21.5 Å². The van der Waals surface area contributed by atoms with Crippen LogP contribution in [0.3, 0.4) is 0 Å². The molecule has 0 saturated carbocycles. The molecule has 0 fully saturated rings. The van der Waals surface area contributed by atoms with Gasteiger partial charge in [-0.1, -0.05) is 17.7 Å². The highest BCUT2D eigenvalue weighted by molar-refractivity contribution is 7.03. The van der Waals surface area contributed by atoms with Crippen molar-refractivity contribution in [1.29, 1.82) is 0 Å². The topological polar surface area (TPSA) is 46.7 Å². The van der Waals surface area contributed by atoms with Crippen LogP contribution in [0.2, 0.25) is 0 Å². The third-order valence-corrected chi connectivity index (χ3v) is 3.76. The highest BCUT2D eigenvalue weighted by Crippen LogP contribution is 2.07. The van der Waals surface area contributed by atoms with Gasteiger partial charge in [-0.15, -0.1) is 0 Å². The van der Waals surface area contributed by atoms with Crippen molar-refractivity contribution in [3.05, 3.63) is 64.1 Å². The van der Waals surface area contributed by atoms with Crippen LogP contribution in [-0.4, -0.2) is 14.7 Å². The summed E-state index contributed by atoms with van der Waals surface area (Å²) in [7, 11) is 0. The number of pyridine rings is 1. The Morgan fingerprint density at radius 3 is 2.80 bits per heavy atom. The molecule has 0 N–H and O–H groups in total. The van der Waals surface area contributed by atoms with E-state index in [4.69, 9.17) is 0 Å². The Balaban J connectivity index is 2.03. The molecule has 0 radical (unpaired) electrons. The maximum atomic E-state index is 12.1. The van der Waals surface area contributed by atoms with Crippen molar-refractivity contribution >= 4 is 23.1 Å². The third kappa shape index (κ3) is 2.53. The van der Waals surface area contributed by atoms with Crippen LogP contribution in [0.4, 0.5) is 0 Å². The van der Waals surface area contributed by atoms with E-state index in [1.54, 1.807) is 6.07 Å². The van der Waals surface area contributed by atoms with Crippen molar-refractivity contribution in [3.63, 3.8) is 0 Å². The predicted molar refractivity (Wildman–Crippen MR) is 78.9 cm³/mol. The number of carbonyl (C=O) groups is 1. The van der Waals surface area contributed by atoms with Crippen LogP contribution in [0.25, 0.3) is 5.65 Å². The van der Waals surface area contributed by atoms with Gasteiger partial charge in [0.1, 0.15) is 5.65 Å². The first kappa shape index (κ1) is 12.7. The molecule has 1 amide bonds.